The van der Waals surface area contributed by atoms with Crippen LogP contribution in [0.3, 0.4) is 0 Å². The lowest BCUT2D eigenvalue weighted by Gasteiger charge is -2.04. The normalized spacial score (nSPS) is 10.9. The van der Waals surface area contributed by atoms with E-state index in [4.69, 9.17) is 0 Å². The van der Waals surface area contributed by atoms with Crippen molar-refractivity contribution in [1.82, 2.24) is 4.57 Å². The number of para-hydroxylation sites is 1. The molecular weight excluding hydrogens is 356 g/mol. The molecule has 0 saturated heterocycles. The van der Waals surface area contributed by atoms with Gasteiger partial charge in [0.1, 0.15) is 5.52 Å². The Bertz CT molecular complexity index is 853. The number of Topliss-reactive ketones (excluding diaryl/α,β-unsaturated/α-hetero) is 1. The van der Waals surface area contributed by atoms with Crippen molar-refractivity contribution in [2.45, 2.75) is 6.54 Å². The molecule has 2 heterocycles. The quantitative estimate of drug-likeness (QED) is 0.394. The highest BCUT2D eigenvalue weighted by molar-refractivity contribution is 9.10. The molecule has 0 aliphatic rings. The summed E-state index contributed by atoms with van der Waals surface area (Å²) in [5.41, 5.74) is 0.485. The van der Waals surface area contributed by atoms with Gasteiger partial charge in [0.05, 0.1) is 16.3 Å². The monoisotopic (exact) mass is 364 g/mol. The number of fused-ring (bicyclic) bond motifs is 1. The molecule has 0 amide bonds. The number of nitrogens with zero attached hydrogens (tertiary/aromatic N) is 2. The van der Waals surface area contributed by atoms with Crippen molar-refractivity contribution in [1.29, 1.82) is 0 Å². The Morgan fingerprint density at radius 2 is 2.14 bits per heavy atom. The molecular formula is C14H9BrN2O3S. The molecule has 3 aromatic rings. The maximum Gasteiger partial charge on any atom is 0.293 e. The lowest BCUT2D eigenvalue weighted by molar-refractivity contribution is -0.383. The fraction of sp³-hybridized carbons (Fsp3) is 0.0714. The molecule has 106 valence electrons. The highest BCUT2D eigenvalue weighted by Crippen LogP contribution is 2.28. The molecule has 0 aliphatic carbocycles. The Labute approximate surface area is 132 Å². The van der Waals surface area contributed by atoms with Crippen molar-refractivity contribution >= 4 is 49.6 Å². The summed E-state index contributed by atoms with van der Waals surface area (Å²) >= 11 is 4.68. The Morgan fingerprint density at radius 1 is 1.33 bits per heavy atom. The molecule has 0 aliphatic heterocycles. The summed E-state index contributed by atoms with van der Waals surface area (Å²) in [5, 5.41) is 13.7. The fourth-order valence-corrected chi connectivity index (χ4v) is 3.76. The summed E-state index contributed by atoms with van der Waals surface area (Å²) < 4.78 is 2.38. The number of nitro groups is 1. The number of non-ortho nitro benzene ring substituents is 1. The Hall–Kier alpha value is -1.99. The fourth-order valence-electron chi connectivity index (χ4n) is 2.24. The number of ketones is 1. The standard InChI is InChI=1S/C14H9BrN2O3S/c15-10-5-7-21-14(10)12(18)8-16-6-4-9-2-1-3-11(13(9)16)17(19)20/h1-7H,8H2. The first-order valence-corrected chi connectivity index (χ1v) is 7.73. The van der Waals surface area contributed by atoms with Gasteiger partial charge in [-0.05, 0) is 33.4 Å². The maximum absolute atomic E-state index is 12.3. The molecule has 0 atom stereocenters. The summed E-state index contributed by atoms with van der Waals surface area (Å²) in [6.07, 6.45) is 1.71. The van der Waals surface area contributed by atoms with Crippen LogP contribution in [0.25, 0.3) is 10.9 Å². The second kappa shape index (κ2) is 5.42. The zero-order valence-electron chi connectivity index (χ0n) is 10.7. The van der Waals surface area contributed by atoms with Gasteiger partial charge in [-0.3, -0.25) is 14.9 Å². The van der Waals surface area contributed by atoms with Crippen LogP contribution in [0, 0.1) is 10.1 Å². The lowest BCUT2D eigenvalue weighted by atomic mass is 10.2. The van der Waals surface area contributed by atoms with E-state index in [0.29, 0.717) is 10.4 Å². The van der Waals surface area contributed by atoms with Gasteiger partial charge in [-0.15, -0.1) is 11.3 Å². The molecule has 5 nitrogen and oxygen atoms in total. The molecule has 0 fully saturated rings. The van der Waals surface area contributed by atoms with Gasteiger partial charge in [0.25, 0.3) is 5.69 Å². The predicted molar refractivity (Wildman–Crippen MR) is 84.9 cm³/mol. The van der Waals surface area contributed by atoms with Crippen LogP contribution in [-0.2, 0) is 6.54 Å². The zero-order valence-corrected chi connectivity index (χ0v) is 13.1. The average molecular weight is 365 g/mol. The summed E-state index contributed by atoms with van der Waals surface area (Å²) in [6, 6.07) is 8.48. The number of carbonyl (C=O) groups excluding carboxylic acids is 1. The molecule has 0 spiro atoms. The molecule has 0 radical (unpaired) electrons. The number of hydrogen-bond acceptors (Lipinski definition) is 4. The van der Waals surface area contributed by atoms with Crippen LogP contribution in [-0.4, -0.2) is 15.3 Å². The van der Waals surface area contributed by atoms with Crippen molar-refractivity contribution in [3.8, 4) is 0 Å². The van der Waals surface area contributed by atoms with E-state index in [1.54, 1.807) is 29.0 Å². The third-order valence-corrected chi connectivity index (χ3v) is 5.03. The number of halogens is 1. The third-order valence-electron chi connectivity index (χ3n) is 3.15. The molecule has 0 saturated carbocycles. The lowest BCUT2D eigenvalue weighted by Crippen LogP contribution is -2.09. The Balaban J connectivity index is 2.04. The van der Waals surface area contributed by atoms with Gasteiger partial charge in [0, 0.05) is 22.1 Å². The van der Waals surface area contributed by atoms with Crippen molar-refractivity contribution in [2.24, 2.45) is 0 Å². The predicted octanol–water partition coefficient (Wildman–Crippen LogP) is 4.26. The van der Waals surface area contributed by atoms with Crippen molar-refractivity contribution in [2.75, 3.05) is 0 Å². The highest BCUT2D eigenvalue weighted by atomic mass is 79.9. The van der Waals surface area contributed by atoms with Gasteiger partial charge in [0.15, 0.2) is 5.78 Å². The van der Waals surface area contributed by atoms with Crippen molar-refractivity contribution in [3.05, 3.63) is 61.4 Å². The SMILES string of the molecule is O=C(Cn1ccc2cccc([N+](=O)[O-])c21)c1sccc1Br. The third kappa shape index (κ3) is 2.50. The van der Waals surface area contributed by atoms with Crippen LogP contribution in [0.2, 0.25) is 0 Å². The molecule has 0 unspecified atom stereocenters. The highest BCUT2D eigenvalue weighted by Gasteiger charge is 2.18. The number of hydrogen-bond donors (Lipinski definition) is 0. The smallest absolute Gasteiger partial charge is 0.293 e. The van der Waals surface area contributed by atoms with Gasteiger partial charge >= 0.3 is 0 Å². The van der Waals surface area contributed by atoms with Gasteiger partial charge in [-0.1, -0.05) is 12.1 Å². The van der Waals surface area contributed by atoms with E-state index in [1.807, 2.05) is 11.4 Å². The summed E-state index contributed by atoms with van der Waals surface area (Å²) in [6.45, 7) is 0.0769. The van der Waals surface area contributed by atoms with E-state index in [2.05, 4.69) is 15.9 Å². The van der Waals surface area contributed by atoms with E-state index >= 15 is 0 Å². The summed E-state index contributed by atoms with van der Waals surface area (Å²) in [5.74, 6) is -0.0764. The number of carbonyl (C=O) groups is 1. The molecule has 3 rings (SSSR count). The first-order chi connectivity index (χ1) is 10.1. The van der Waals surface area contributed by atoms with E-state index in [-0.39, 0.29) is 18.0 Å². The molecule has 21 heavy (non-hydrogen) atoms. The van der Waals surface area contributed by atoms with Crippen LogP contribution < -0.4 is 0 Å². The zero-order chi connectivity index (χ0) is 15.0. The van der Waals surface area contributed by atoms with Crippen LogP contribution in [0.15, 0.2) is 46.4 Å². The number of aromatic nitrogens is 1. The Morgan fingerprint density at radius 3 is 2.81 bits per heavy atom. The number of rotatable bonds is 4. The van der Waals surface area contributed by atoms with Gasteiger partial charge in [-0.2, -0.15) is 0 Å². The summed E-state index contributed by atoms with van der Waals surface area (Å²) in [7, 11) is 0. The van der Waals surface area contributed by atoms with Crippen LogP contribution in [0.5, 0.6) is 0 Å². The van der Waals surface area contributed by atoms with Crippen molar-refractivity contribution in [3.63, 3.8) is 0 Å². The van der Waals surface area contributed by atoms with Crippen LogP contribution >= 0.6 is 27.3 Å². The van der Waals surface area contributed by atoms with Gasteiger partial charge in [-0.25, -0.2) is 0 Å². The van der Waals surface area contributed by atoms with E-state index in [1.165, 1.54) is 17.4 Å². The molecule has 7 heteroatoms. The first-order valence-electron chi connectivity index (χ1n) is 6.06. The second-order valence-electron chi connectivity index (χ2n) is 4.44. The second-order valence-corrected chi connectivity index (χ2v) is 6.21. The minimum Gasteiger partial charge on any atom is -0.334 e. The van der Waals surface area contributed by atoms with Gasteiger partial charge < -0.3 is 4.57 Å². The molecule has 0 bridgehead atoms. The van der Waals surface area contributed by atoms with Crippen molar-refractivity contribution < 1.29 is 9.72 Å². The molecule has 2 aromatic heterocycles. The van der Waals surface area contributed by atoms with E-state index in [0.717, 1.165) is 9.86 Å². The largest absolute Gasteiger partial charge is 0.334 e. The average Bonchev–Trinajstić information content (AvgIpc) is 3.05. The van der Waals surface area contributed by atoms with Crippen LogP contribution in [0.1, 0.15) is 9.67 Å². The number of benzene rings is 1. The van der Waals surface area contributed by atoms with E-state index < -0.39 is 4.92 Å². The Kier molecular flexibility index (Phi) is 3.60. The first kappa shape index (κ1) is 14.0. The minimum absolute atomic E-state index is 0.00976. The number of nitro benzene ring substituents is 1. The topological polar surface area (TPSA) is 65.1 Å². The van der Waals surface area contributed by atoms with Crippen LogP contribution in [0.4, 0.5) is 5.69 Å². The van der Waals surface area contributed by atoms with Gasteiger partial charge in [0.2, 0.25) is 0 Å². The summed E-state index contributed by atoms with van der Waals surface area (Å²) in [4.78, 5) is 23.6. The maximum atomic E-state index is 12.3. The van der Waals surface area contributed by atoms with E-state index in [9.17, 15) is 14.9 Å². The molecule has 1 aromatic carbocycles. The number of thiophene rings is 1. The molecule has 0 N–H and O–H groups in total. The minimum atomic E-state index is -0.426.